The average molecular weight is 309 g/mol. The average Bonchev–Trinajstić information content (AvgIpc) is 3.03. The summed E-state index contributed by atoms with van der Waals surface area (Å²) in [6.45, 7) is 2.00. The summed E-state index contributed by atoms with van der Waals surface area (Å²) < 4.78 is 4.98. The van der Waals surface area contributed by atoms with Gasteiger partial charge in [-0.3, -0.25) is 5.10 Å². The second-order valence-corrected chi connectivity index (χ2v) is 5.58. The van der Waals surface area contributed by atoms with Crippen LogP contribution in [0.3, 0.4) is 0 Å². The molecule has 2 rings (SSSR count). The maximum Gasteiger partial charge on any atom is 0.348 e. The fourth-order valence-electron chi connectivity index (χ4n) is 1.51. The first-order valence-electron chi connectivity index (χ1n) is 5.63. The third-order valence-corrected chi connectivity index (χ3v) is 4.30. The van der Waals surface area contributed by atoms with Crippen LogP contribution in [-0.2, 0) is 10.5 Å². The van der Waals surface area contributed by atoms with Crippen molar-refractivity contribution in [1.82, 2.24) is 15.2 Å². The van der Waals surface area contributed by atoms with E-state index >= 15 is 0 Å². The lowest BCUT2D eigenvalue weighted by Gasteiger charge is -2.03. The van der Waals surface area contributed by atoms with Gasteiger partial charge in [-0.25, -0.2) is 9.78 Å². The van der Waals surface area contributed by atoms with E-state index in [0.29, 0.717) is 31.9 Å². The molecular formula is C11H11N5O2S2. The van der Waals surface area contributed by atoms with Gasteiger partial charge in [-0.05, 0) is 6.92 Å². The van der Waals surface area contributed by atoms with Crippen LogP contribution in [0.25, 0.3) is 0 Å². The molecule has 2 heterocycles. The molecule has 0 aliphatic carbocycles. The minimum atomic E-state index is -0.459. The number of aromatic nitrogens is 3. The predicted octanol–water partition coefficient (Wildman–Crippen LogP) is 1.79. The number of thiophene rings is 1. The van der Waals surface area contributed by atoms with Crippen LogP contribution in [-0.4, -0.2) is 27.8 Å². The van der Waals surface area contributed by atoms with Crippen LogP contribution in [0.4, 0.5) is 5.00 Å². The summed E-state index contributed by atoms with van der Waals surface area (Å²) in [7, 11) is 0. The predicted molar refractivity (Wildman–Crippen MR) is 75.3 cm³/mol. The number of thioether (sulfide) groups is 1. The Morgan fingerprint density at radius 3 is 3.10 bits per heavy atom. The molecule has 0 saturated carbocycles. The normalized spacial score (nSPS) is 10.2. The first kappa shape index (κ1) is 14.4. The molecule has 0 radical (unpaired) electrons. The molecule has 2 aromatic rings. The van der Waals surface area contributed by atoms with Crippen LogP contribution in [0.5, 0.6) is 0 Å². The fraction of sp³-hybridized carbons (Fsp3) is 0.273. The Morgan fingerprint density at radius 1 is 1.70 bits per heavy atom. The maximum absolute atomic E-state index is 11.9. The molecule has 2 aromatic heterocycles. The van der Waals surface area contributed by atoms with Crippen LogP contribution in [0.1, 0.15) is 27.7 Å². The number of anilines is 1. The Morgan fingerprint density at radius 2 is 2.50 bits per heavy atom. The summed E-state index contributed by atoms with van der Waals surface area (Å²) in [6.07, 6.45) is 1.39. The van der Waals surface area contributed by atoms with Gasteiger partial charge in [0.25, 0.3) is 0 Å². The minimum absolute atomic E-state index is 0.271. The van der Waals surface area contributed by atoms with Crippen LogP contribution in [0.2, 0.25) is 0 Å². The van der Waals surface area contributed by atoms with Crippen molar-refractivity contribution in [2.75, 3.05) is 12.3 Å². The molecule has 0 atom stereocenters. The number of nitrogens with one attached hydrogen (secondary N) is 1. The molecule has 0 aliphatic rings. The SMILES string of the molecule is CCOC(=O)c1sc(N)c(C#N)c1CSc1ncn[nH]1. The summed E-state index contributed by atoms with van der Waals surface area (Å²) in [5, 5.41) is 16.5. The van der Waals surface area contributed by atoms with E-state index in [-0.39, 0.29) is 6.61 Å². The van der Waals surface area contributed by atoms with E-state index < -0.39 is 5.97 Å². The zero-order valence-corrected chi connectivity index (χ0v) is 12.2. The van der Waals surface area contributed by atoms with Gasteiger partial charge in [0.2, 0.25) is 0 Å². The van der Waals surface area contributed by atoms with Gasteiger partial charge in [0, 0.05) is 11.3 Å². The first-order valence-corrected chi connectivity index (χ1v) is 7.44. The molecule has 0 fully saturated rings. The number of H-pyrrole nitrogens is 1. The number of aromatic amines is 1. The summed E-state index contributed by atoms with van der Waals surface area (Å²) in [5.41, 5.74) is 6.68. The number of carbonyl (C=O) groups excluding carboxylic acids is 1. The minimum Gasteiger partial charge on any atom is -0.462 e. The smallest absolute Gasteiger partial charge is 0.348 e. The highest BCUT2D eigenvalue weighted by atomic mass is 32.2. The Bertz CT molecular complexity index is 645. The molecule has 0 bridgehead atoms. The Hall–Kier alpha value is -2.05. The van der Waals surface area contributed by atoms with E-state index in [2.05, 4.69) is 15.2 Å². The van der Waals surface area contributed by atoms with Crippen molar-refractivity contribution >= 4 is 34.1 Å². The van der Waals surface area contributed by atoms with Crippen molar-refractivity contribution in [2.24, 2.45) is 0 Å². The fourth-order valence-corrected chi connectivity index (χ4v) is 3.34. The third-order valence-electron chi connectivity index (χ3n) is 2.35. The molecule has 0 aliphatic heterocycles. The van der Waals surface area contributed by atoms with E-state index in [4.69, 9.17) is 15.7 Å². The van der Waals surface area contributed by atoms with Gasteiger partial charge in [0.15, 0.2) is 5.16 Å². The second kappa shape index (κ2) is 6.40. The molecule has 0 saturated heterocycles. The van der Waals surface area contributed by atoms with Gasteiger partial charge in [-0.1, -0.05) is 11.8 Å². The van der Waals surface area contributed by atoms with Crippen molar-refractivity contribution in [3.05, 3.63) is 22.3 Å². The zero-order valence-electron chi connectivity index (χ0n) is 10.5. The van der Waals surface area contributed by atoms with E-state index in [1.165, 1.54) is 18.1 Å². The van der Waals surface area contributed by atoms with Crippen molar-refractivity contribution in [2.45, 2.75) is 17.8 Å². The number of nitrogens with two attached hydrogens (primary N) is 1. The molecule has 9 heteroatoms. The monoisotopic (exact) mass is 309 g/mol. The van der Waals surface area contributed by atoms with Gasteiger partial charge >= 0.3 is 5.97 Å². The molecule has 3 N–H and O–H groups in total. The van der Waals surface area contributed by atoms with Crippen molar-refractivity contribution < 1.29 is 9.53 Å². The van der Waals surface area contributed by atoms with E-state index in [0.717, 1.165) is 11.3 Å². The van der Waals surface area contributed by atoms with Crippen molar-refractivity contribution in [3.8, 4) is 6.07 Å². The molecule has 0 unspecified atom stereocenters. The standard InChI is InChI=1S/C11H11N5O2S2/c1-2-18-10(17)8-7(6(3-12)9(13)20-8)4-19-11-14-5-15-16-11/h5H,2,4,13H2,1H3,(H,14,15,16). The number of ether oxygens (including phenoxy) is 1. The Balaban J connectivity index is 2.28. The highest BCUT2D eigenvalue weighted by Gasteiger charge is 2.22. The van der Waals surface area contributed by atoms with Gasteiger partial charge in [0.05, 0.1) is 12.2 Å². The van der Waals surface area contributed by atoms with Crippen LogP contribution >= 0.6 is 23.1 Å². The number of nitrogens with zero attached hydrogens (tertiary/aromatic N) is 3. The van der Waals surface area contributed by atoms with Gasteiger partial charge in [-0.15, -0.1) is 11.3 Å². The van der Waals surface area contributed by atoms with Crippen molar-refractivity contribution in [1.29, 1.82) is 5.26 Å². The lowest BCUT2D eigenvalue weighted by atomic mass is 10.2. The molecule has 104 valence electrons. The Kier molecular flexibility index (Phi) is 4.60. The molecule has 7 nitrogen and oxygen atoms in total. The third kappa shape index (κ3) is 2.92. The zero-order chi connectivity index (χ0) is 14.5. The van der Waals surface area contributed by atoms with E-state index in [1.54, 1.807) is 6.92 Å². The molecule has 0 amide bonds. The maximum atomic E-state index is 11.9. The van der Waals surface area contributed by atoms with E-state index in [9.17, 15) is 4.79 Å². The molecule has 0 aromatic carbocycles. The highest BCUT2D eigenvalue weighted by Crippen LogP contribution is 2.34. The summed E-state index contributed by atoms with van der Waals surface area (Å²) in [4.78, 5) is 16.2. The number of hydrogen-bond donors (Lipinski definition) is 2. The largest absolute Gasteiger partial charge is 0.462 e. The van der Waals surface area contributed by atoms with Gasteiger partial charge in [0.1, 0.15) is 22.3 Å². The number of carbonyl (C=O) groups is 1. The number of nitriles is 1. The Labute approximate surface area is 123 Å². The van der Waals surface area contributed by atoms with E-state index in [1.807, 2.05) is 6.07 Å². The first-order chi connectivity index (χ1) is 9.67. The topological polar surface area (TPSA) is 118 Å². The van der Waals surface area contributed by atoms with Crippen molar-refractivity contribution in [3.63, 3.8) is 0 Å². The van der Waals surface area contributed by atoms with Crippen LogP contribution in [0, 0.1) is 11.3 Å². The van der Waals surface area contributed by atoms with Crippen LogP contribution in [0.15, 0.2) is 11.5 Å². The molecule has 0 spiro atoms. The summed E-state index contributed by atoms with van der Waals surface area (Å²) >= 11 is 2.41. The van der Waals surface area contributed by atoms with Gasteiger partial charge < -0.3 is 10.5 Å². The molecular weight excluding hydrogens is 298 g/mol. The van der Waals surface area contributed by atoms with Gasteiger partial charge in [-0.2, -0.15) is 10.4 Å². The lowest BCUT2D eigenvalue weighted by molar-refractivity contribution is 0.0531. The quantitative estimate of drug-likeness (QED) is 0.638. The number of esters is 1. The lowest BCUT2D eigenvalue weighted by Crippen LogP contribution is -2.05. The number of rotatable bonds is 5. The second-order valence-electron chi connectivity index (χ2n) is 3.56. The number of nitrogen functional groups attached to an aromatic ring is 1. The summed E-state index contributed by atoms with van der Waals surface area (Å²) in [6, 6.07) is 2.03. The van der Waals surface area contributed by atoms with Crippen LogP contribution < -0.4 is 5.73 Å². The number of hydrogen-bond acceptors (Lipinski definition) is 8. The summed E-state index contributed by atoms with van der Waals surface area (Å²) in [5.74, 6) is -0.0706. The molecule has 20 heavy (non-hydrogen) atoms. The highest BCUT2D eigenvalue weighted by molar-refractivity contribution is 7.98.